The van der Waals surface area contributed by atoms with Gasteiger partial charge in [-0.3, -0.25) is 4.98 Å². The molecule has 1 saturated heterocycles. The molecule has 0 aliphatic carbocycles. The minimum Gasteiger partial charge on any atom is -0.449 e. The van der Waals surface area contributed by atoms with Gasteiger partial charge in [0, 0.05) is 25.5 Å². The second kappa shape index (κ2) is 4.94. The quantitative estimate of drug-likeness (QED) is 0.822. The Bertz CT molecular complexity index is 381. The van der Waals surface area contributed by atoms with E-state index < -0.39 is 0 Å². The van der Waals surface area contributed by atoms with Crippen LogP contribution in [-0.4, -0.2) is 29.1 Å². The lowest BCUT2D eigenvalue weighted by molar-refractivity contribution is 0.0700. The van der Waals surface area contributed by atoms with Crippen molar-refractivity contribution in [2.24, 2.45) is 5.73 Å². The van der Waals surface area contributed by atoms with Gasteiger partial charge in [-0.1, -0.05) is 0 Å². The topological polar surface area (TPSA) is 68.4 Å². The number of hydrogen-bond acceptors (Lipinski definition) is 4. The highest BCUT2D eigenvalue weighted by molar-refractivity contribution is 5.68. The monoisotopic (exact) mass is 221 g/mol. The predicted octanol–water partition coefficient (Wildman–Crippen LogP) is 0.883. The molecular weight excluding hydrogens is 206 g/mol. The lowest BCUT2D eigenvalue weighted by Gasteiger charge is -2.26. The molecule has 2 N–H and O–H groups in total. The van der Waals surface area contributed by atoms with Crippen LogP contribution in [0, 0.1) is 0 Å². The molecule has 0 saturated carbocycles. The van der Waals surface area contributed by atoms with Crippen LogP contribution < -0.4 is 5.73 Å². The van der Waals surface area contributed by atoms with Gasteiger partial charge in [-0.25, -0.2) is 4.79 Å². The van der Waals surface area contributed by atoms with Gasteiger partial charge in [-0.15, -0.1) is 0 Å². The summed E-state index contributed by atoms with van der Waals surface area (Å²) in [6.07, 6.45) is 4.12. The van der Waals surface area contributed by atoms with E-state index in [9.17, 15) is 4.79 Å². The summed E-state index contributed by atoms with van der Waals surface area (Å²) in [6.45, 7) is 2.27. The van der Waals surface area contributed by atoms with Gasteiger partial charge in [0.2, 0.25) is 0 Å². The first kappa shape index (κ1) is 10.9. The second-order valence-electron chi connectivity index (χ2n) is 3.80. The number of nitrogens with zero attached hydrogens (tertiary/aromatic N) is 2. The van der Waals surface area contributed by atoms with E-state index in [4.69, 9.17) is 10.5 Å². The highest BCUT2D eigenvalue weighted by Gasteiger charge is 2.19. The van der Waals surface area contributed by atoms with E-state index in [1.165, 1.54) is 0 Å². The summed E-state index contributed by atoms with van der Waals surface area (Å²) in [5.74, 6) is 0. The first-order valence-electron chi connectivity index (χ1n) is 5.34. The summed E-state index contributed by atoms with van der Waals surface area (Å²) >= 11 is 0. The third-order valence-corrected chi connectivity index (χ3v) is 2.52. The van der Waals surface area contributed by atoms with Crippen molar-refractivity contribution in [1.82, 2.24) is 9.88 Å². The van der Waals surface area contributed by atoms with Crippen LogP contribution in [0.5, 0.6) is 0 Å². The van der Waals surface area contributed by atoms with E-state index in [1.807, 2.05) is 6.07 Å². The minimum atomic E-state index is -0.246. The average Bonchev–Trinajstić information content (AvgIpc) is 2.32. The van der Waals surface area contributed by atoms with Crippen molar-refractivity contribution in [3.63, 3.8) is 0 Å². The molecule has 5 heteroatoms. The number of aromatic nitrogens is 1. The number of hydrogen-bond donors (Lipinski definition) is 1. The molecule has 2 rings (SSSR count). The fraction of sp³-hybridized carbons (Fsp3) is 0.455. The third kappa shape index (κ3) is 2.49. The molecular formula is C11H15N3O2. The van der Waals surface area contributed by atoms with Crippen molar-refractivity contribution in [3.8, 4) is 0 Å². The lowest BCUT2D eigenvalue weighted by atomic mass is 10.2. The van der Waals surface area contributed by atoms with Crippen LogP contribution in [0.25, 0.3) is 0 Å². The zero-order valence-corrected chi connectivity index (χ0v) is 9.06. The Morgan fingerprint density at radius 3 is 3.00 bits per heavy atom. The molecule has 0 radical (unpaired) electrons. The molecule has 0 atom stereocenters. The molecule has 1 aromatic rings. The molecule has 1 fully saturated rings. The fourth-order valence-electron chi connectivity index (χ4n) is 1.70. The Morgan fingerprint density at radius 2 is 2.25 bits per heavy atom. The summed E-state index contributed by atoms with van der Waals surface area (Å²) in [7, 11) is 0. The van der Waals surface area contributed by atoms with Gasteiger partial charge in [0.15, 0.2) is 0 Å². The first-order valence-corrected chi connectivity index (χ1v) is 5.34. The molecule has 0 bridgehead atoms. The molecule has 16 heavy (non-hydrogen) atoms. The van der Waals surface area contributed by atoms with Crippen molar-refractivity contribution in [2.75, 3.05) is 13.2 Å². The summed E-state index contributed by atoms with van der Waals surface area (Å²) in [5, 5.41) is 0. The van der Waals surface area contributed by atoms with E-state index in [0.29, 0.717) is 19.7 Å². The van der Waals surface area contributed by atoms with Gasteiger partial charge in [-0.2, -0.15) is 0 Å². The smallest absolute Gasteiger partial charge is 0.410 e. The van der Waals surface area contributed by atoms with Gasteiger partial charge in [-0.05, 0) is 23.6 Å². The number of pyridine rings is 1. The predicted molar refractivity (Wildman–Crippen MR) is 58.5 cm³/mol. The minimum absolute atomic E-state index is 0.246. The van der Waals surface area contributed by atoms with Crippen molar-refractivity contribution >= 4 is 6.09 Å². The summed E-state index contributed by atoms with van der Waals surface area (Å²) in [4.78, 5) is 17.2. The van der Waals surface area contributed by atoms with E-state index in [0.717, 1.165) is 24.1 Å². The van der Waals surface area contributed by atoms with Gasteiger partial charge < -0.3 is 15.4 Å². The maximum Gasteiger partial charge on any atom is 0.410 e. The van der Waals surface area contributed by atoms with Crippen molar-refractivity contribution < 1.29 is 9.53 Å². The first-order chi connectivity index (χ1) is 7.79. The summed E-state index contributed by atoms with van der Waals surface area (Å²) < 4.78 is 4.96. The van der Waals surface area contributed by atoms with Gasteiger partial charge in [0.05, 0.1) is 13.2 Å². The van der Waals surface area contributed by atoms with E-state index in [-0.39, 0.29) is 6.09 Å². The van der Waals surface area contributed by atoms with Crippen LogP contribution >= 0.6 is 0 Å². The maximum absolute atomic E-state index is 11.4. The van der Waals surface area contributed by atoms with Crippen LogP contribution in [0.4, 0.5) is 4.79 Å². The lowest BCUT2D eigenvalue weighted by Crippen LogP contribution is -2.37. The number of nitrogens with two attached hydrogens (primary N) is 1. The van der Waals surface area contributed by atoms with E-state index in [2.05, 4.69) is 4.98 Å². The molecule has 5 nitrogen and oxygen atoms in total. The Morgan fingerprint density at radius 1 is 1.44 bits per heavy atom. The van der Waals surface area contributed by atoms with Crippen LogP contribution in [0.3, 0.4) is 0 Å². The van der Waals surface area contributed by atoms with Crippen LogP contribution in [-0.2, 0) is 17.8 Å². The van der Waals surface area contributed by atoms with Crippen LogP contribution in [0.2, 0.25) is 0 Å². The number of rotatable bonds is 3. The third-order valence-electron chi connectivity index (χ3n) is 2.52. The molecule has 0 aromatic carbocycles. The van der Waals surface area contributed by atoms with Gasteiger partial charge >= 0.3 is 6.09 Å². The van der Waals surface area contributed by atoms with Crippen molar-refractivity contribution in [2.45, 2.75) is 19.5 Å². The normalized spacial score (nSPS) is 16.1. The molecule has 1 aromatic heterocycles. The number of ether oxygens (including phenoxy) is 1. The molecule has 86 valence electrons. The van der Waals surface area contributed by atoms with Crippen molar-refractivity contribution in [1.29, 1.82) is 0 Å². The van der Waals surface area contributed by atoms with Crippen molar-refractivity contribution in [3.05, 3.63) is 29.6 Å². The van der Waals surface area contributed by atoms with E-state index >= 15 is 0 Å². The molecule has 0 spiro atoms. The Balaban J connectivity index is 2.04. The fourth-order valence-corrected chi connectivity index (χ4v) is 1.70. The summed E-state index contributed by atoms with van der Waals surface area (Å²) in [5.41, 5.74) is 7.50. The zero-order chi connectivity index (χ0) is 11.4. The van der Waals surface area contributed by atoms with Gasteiger partial charge in [0.25, 0.3) is 0 Å². The second-order valence-corrected chi connectivity index (χ2v) is 3.80. The molecule has 1 aliphatic rings. The zero-order valence-electron chi connectivity index (χ0n) is 9.06. The Hall–Kier alpha value is -1.62. The Labute approximate surface area is 94.2 Å². The standard InChI is InChI=1S/C11H15N3O2/c12-5-9-4-10(7-13-6-9)8-14-2-1-3-16-11(14)15/h4,6-7H,1-3,5,8,12H2. The molecule has 1 amide bonds. The van der Waals surface area contributed by atoms with Gasteiger partial charge in [0.1, 0.15) is 0 Å². The van der Waals surface area contributed by atoms with E-state index in [1.54, 1.807) is 17.3 Å². The highest BCUT2D eigenvalue weighted by Crippen LogP contribution is 2.11. The number of amides is 1. The highest BCUT2D eigenvalue weighted by atomic mass is 16.6. The van der Waals surface area contributed by atoms with Crippen LogP contribution in [0.15, 0.2) is 18.5 Å². The molecule has 2 heterocycles. The summed E-state index contributed by atoms with van der Waals surface area (Å²) in [6, 6.07) is 1.97. The SMILES string of the molecule is NCc1cncc(CN2CCCOC2=O)c1. The molecule has 1 aliphatic heterocycles. The molecule has 0 unspecified atom stereocenters. The number of carbonyl (C=O) groups excluding carboxylic acids is 1. The maximum atomic E-state index is 11.4. The Kier molecular flexibility index (Phi) is 3.36. The average molecular weight is 221 g/mol. The van der Waals surface area contributed by atoms with Crippen LogP contribution in [0.1, 0.15) is 17.5 Å². The largest absolute Gasteiger partial charge is 0.449 e. The number of cyclic esters (lactones) is 1. The number of carbonyl (C=O) groups is 1.